The number of hydrogen-bond acceptors (Lipinski definition) is 5. The molecule has 6 nitrogen and oxygen atoms in total. The molecule has 4 rings (SSSR count). The molecule has 3 aliphatic rings. The van der Waals surface area contributed by atoms with Gasteiger partial charge < -0.3 is 9.80 Å². The molecule has 2 fully saturated rings. The van der Waals surface area contributed by atoms with Crippen LogP contribution < -0.4 is 4.90 Å². The van der Waals surface area contributed by atoms with Gasteiger partial charge in [-0.05, 0) is 31.2 Å². The molecule has 3 heterocycles. The van der Waals surface area contributed by atoms with Crippen molar-refractivity contribution in [2.75, 3.05) is 44.2 Å². The van der Waals surface area contributed by atoms with Crippen molar-refractivity contribution in [1.82, 2.24) is 19.8 Å². The smallest absolute Gasteiger partial charge is 0.225 e. The number of anilines is 1. The molecular formula is C22H35N5O. The topological polar surface area (TPSA) is 52.6 Å². The van der Waals surface area contributed by atoms with E-state index in [9.17, 15) is 4.79 Å². The number of fused-ring (bicyclic) bond motifs is 1. The summed E-state index contributed by atoms with van der Waals surface area (Å²) in [4.78, 5) is 29.3. The zero-order valence-corrected chi connectivity index (χ0v) is 17.6. The van der Waals surface area contributed by atoms with E-state index in [-0.39, 0.29) is 5.92 Å². The van der Waals surface area contributed by atoms with Crippen LogP contribution in [0.15, 0.2) is 6.20 Å². The number of carbonyl (C=O) groups excluding carboxylic acids is 1. The lowest BCUT2D eigenvalue weighted by molar-refractivity contribution is -0.135. The standard InChI is InChI=1S/C22H35N5O/c1-3-5-17(2)21(28)26-10-8-18-16-23-22(24-20(18)9-11-26)27-14-12-25(13-15-27)19-6-4-7-19/h16-17,19H,3-15H2,1-2H3. The molecule has 28 heavy (non-hydrogen) atoms. The van der Waals surface area contributed by atoms with E-state index >= 15 is 0 Å². The number of nitrogens with zero attached hydrogens (tertiary/aromatic N) is 5. The minimum atomic E-state index is 0.125. The van der Waals surface area contributed by atoms with Crippen LogP contribution >= 0.6 is 0 Å². The lowest BCUT2D eigenvalue weighted by Gasteiger charge is -2.43. The van der Waals surface area contributed by atoms with Crippen LogP contribution in [0.4, 0.5) is 5.95 Å². The molecule has 0 aromatic carbocycles. The van der Waals surface area contributed by atoms with Crippen molar-refractivity contribution in [1.29, 1.82) is 0 Å². The van der Waals surface area contributed by atoms with E-state index in [0.29, 0.717) is 5.91 Å². The highest BCUT2D eigenvalue weighted by molar-refractivity contribution is 5.78. The minimum Gasteiger partial charge on any atom is -0.342 e. The molecule has 2 aliphatic heterocycles. The van der Waals surface area contributed by atoms with Crippen molar-refractivity contribution in [3.05, 3.63) is 17.5 Å². The SMILES string of the molecule is CCCC(C)C(=O)N1CCc2cnc(N3CCN(C4CCC4)CC3)nc2CC1. The van der Waals surface area contributed by atoms with Gasteiger partial charge in [0, 0.05) is 63.8 Å². The monoisotopic (exact) mass is 385 g/mol. The van der Waals surface area contributed by atoms with Crippen LogP contribution in [0.3, 0.4) is 0 Å². The van der Waals surface area contributed by atoms with Gasteiger partial charge in [0.15, 0.2) is 0 Å². The Morgan fingerprint density at radius 3 is 2.57 bits per heavy atom. The second-order valence-electron chi connectivity index (χ2n) is 8.76. The Morgan fingerprint density at radius 2 is 1.89 bits per heavy atom. The van der Waals surface area contributed by atoms with Crippen LogP contribution in [0.5, 0.6) is 0 Å². The van der Waals surface area contributed by atoms with Gasteiger partial charge in [-0.25, -0.2) is 9.97 Å². The summed E-state index contributed by atoms with van der Waals surface area (Å²) in [5, 5.41) is 0. The second-order valence-corrected chi connectivity index (χ2v) is 8.76. The summed E-state index contributed by atoms with van der Waals surface area (Å²) in [5.74, 6) is 1.31. The van der Waals surface area contributed by atoms with Gasteiger partial charge in [-0.2, -0.15) is 0 Å². The highest BCUT2D eigenvalue weighted by Crippen LogP contribution is 2.26. The third kappa shape index (κ3) is 4.17. The molecule has 1 unspecified atom stereocenters. The first-order chi connectivity index (χ1) is 13.7. The van der Waals surface area contributed by atoms with Crippen LogP contribution in [0, 0.1) is 5.92 Å². The van der Waals surface area contributed by atoms with Crippen molar-refractivity contribution in [2.45, 2.75) is 64.8 Å². The number of hydrogen-bond donors (Lipinski definition) is 0. The molecule has 1 aromatic rings. The van der Waals surface area contributed by atoms with E-state index in [1.165, 1.54) is 24.8 Å². The Balaban J connectivity index is 1.37. The van der Waals surface area contributed by atoms with Crippen molar-refractivity contribution in [2.24, 2.45) is 5.92 Å². The Labute approximate surface area is 169 Å². The summed E-state index contributed by atoms with van der Waals surface area (Å²) in [7, 11) is 0. The molecule has 1 saturated carbocycles. The number of amides is 1. The third-order valence-corrected chi connectivity index (χ3v) is 6.85. The largest absolute Gasteiger partial charge is 0.342 e. The Hall–Kier alpha value is -1.69. The molecule has 6 heteroatoms. The zero-order chi connectivity index (χ0) is 19.5. The van der Waals surface area contributed by atoms with Crippen LogP contribution in [-0.4, -0.2) is 71.0 Å². The number of rotatable bonds is 5. The fourth-order valence-corrected chi connectivity index (χ4v) is 4.74. The molecule has 1 amide bonds. The van der Waals surface area contributed by atoms with E-state index < -0.39 is 0 Å². The maximum absolute atomic E-state index is 12.7. The lowest BCUT2D eigenvalue weighted by Crippen LogP contribution is -2.52. The van der Waals surface area contributed by atoms with Gasteiger partial charge in [0.25, 0.3) is 0 Å². The fourth-order valence-electron chi connectivity index (χ4n) is 4.74. The fraction of sp³-hybridized carbons (Fsp3) is 0.773. The van der Waals surface area contributed by atoms with Crippen LogP contribution in [0.2, 0.25) is 0 Å². The van der Waals surface area contributed by atoms with Crippen LogP contribution in [-0.2, 0) is 17.6 Å². The van der Waals surface area contributed by atoms with E-state index in [4.69, 9.17) is 4.98 Å². The van der Waals surface area contributed by atoms with Crippen molar-refractivity contribution < 1.29 is 4.79 Å². The molecule has 0 bridgehead atoms. The van der Waals surface area contributed by atoms with E-state index in [1.54, 1.807) is 0 Å². The number of carbonyl (C=O) groups is 1. The summed E-state index contributed by atoms with van der Waals surface area (Å²) in [6.07, 6.45) is 9.91. The van der Waals surface area contributed by atoms with Crippen molar-refractivity contribution in [3.63, 3.8) is 0 Å². The average molecular weight is 386 g/mol. The first-order valence-corrected chi connectivity index (χ1v) is 11.3. The molecule has 0 radical (unpaired) electrons. The molecule has 0 N–H and O–H groups in total. The second kappa shape index (κ2) is 8.76. The highest BCUT2D eigenvalue weighted by Gasteiger charge is 2.29. The molecule has 1 atom stereocenters. The first kappa shape index (κ1) is 19.6. The van der Waals surface area contributed by atoms with Gasteiger partial charge >= 0.3 is 0 Å². The average Bonchev–Trinajstić information content (AvgIpc) is 2.89. The van der Waals surface area contributed by atoms with Gasteiger partial charge in [0.1, 0.15) is 0 Å². The van der Waals surface area contributed by atoms with Gasteiger partial charge in [0.05, 0.1) is 5.69 Å². The minimum absolute atomic E-state index is 0.125. The Morgan fingerprint density at radius 1 is 1.14 bits per heavy atom. The molecule has 0 spiro atoms. The highest BCUT2D eigenvalue weighted by atomic mass is 16.2. The predicted octanol–water partition coefficient (Wildman–Crippen LogP) is 2.51. The number of piperazine rings is 1. The van der Waals surface area contributed by atoms with Gasteiger partial charge in [-0.15, -0.1) is 0 Å². The van der Waals surface area contributed by atoms with Gasteiger partial charge in [0.2, 0.25) is 11.9 Å². The quantitative estimate of drug-likeness (QED) is 0.780. The molecule has 1 aliphatic carbocycles. The Kier molecular flexibility index (Phi) is 6.14. The predicted molar refractivity (Wildman–Crippen MR) is 112 cm³/mol. The molecular weight excluding hydrogens is 350 g/mol. The molecule has 154 valence electrons. The summed E-state index contributed by atoms with van der Waals surface area (Å²) in [6, 6.07) is 0.828. The van der Waals surface area contributed by atoms with Crippen LogP contribution in [0.25, 0.3) is 0 Å². The third-order valence-electron chi connectivity index (χ3n) is 6.85. The van der Waals surface area contributed by atoms with E-state index in [1.807, 2.05) is 11.1 Å². The van der Waals surface area contributed by atoms with E-state index in [0.717, 1.165) is 82.6 Å². The van der Waals surface area contributed by atoms with Crippen LogP contribution in [0.1, 0.15) is 57.2 Å². The first-order valence-electron chi connectivity index (χ1n) is 11.3. The van der Waals surface area contributed by atoms with Gasteiger partial charge in [-0.1, -0.05) is 26.7 Å². The number of aromatic nitrogens is 2. The maximum Gasteiger partial charge on any atom is 0.225 e. The van der Waals surface area contributed by atoms with E-state index in [2.05, 4.69) is 28.6 Å². The zero-order valence-electron chi connectivity index (χ0n) is 17.6. The molecule has 1 aromatic heterocycles. The Bertz CT molecular complexity index is 682. The lowest BCUT2D eigenvalue weighted by atomic mass is 9.91. The van der Waals surface area contributed by atoms with Gasteiger partial charge in [-0.3, -0.25) is 9.69 Å². The van der Waals surface area contributed by atoms with Crippen molar-refractivity contribution >= 4 is 11.9 Å². The normalized spacial score (nSPS) is 22.4. The molecule has 1 saturated heterocycles. The summed E-state index contributed by atoms with van der Waals surface area (Å²) in [5.41, 5.74) is 2.36. The van der Waals surface area contributed by atoms with Crippen molar-refractivity contribution in [3.8, 4) is 0 Å². The maximum atomic E-state index is 12.7. The summed E-state index contributed by atoms with van der Waals surface area (Å²) in [6.45, 7) is 10.1. The summed E-state index contributed by atoms with van der Waals surface area (Å²) < 4.78 is 0. The summed E-state index contributed by atoms with van der Waals surface area (Å²) >= 11 is 0.